The number of allylic oxidation sites excluding steroid dienone is 2. The van der Waals surface area contributed by atoms with Gasteiger partial charge in [0.25, 0.3) is 0 Å². The molecule has 60 heavy (non-hydrogen) atoms. The van der Waals surface area contributed by atoms with Gasteiger partial charge < -0.3 is 19.9 Å². The van der Waals surface area contributed by atoms with Gasteiger partial charge in [-0.2, -0.15) is 0 Å². The molecule has 0 spiro atoms. The summed E-state index contributed by atoms with van der Waals surface area (Å²) < 4.78 is 11.7. The van der Waals surface area contributed by atoms with Crippen LogP contribution < -0.4 is 10.1 Å². The molecule has 8 rings (SSSR count). The predicted molar refractivity (Wildman–Crippen MR) is 232 cm³/mol. The number of halogens is 1. The van der Waals surface area contributed by atoms with Crippen LogP contribution in [-0.4, -0.2) is 72.9 Å². The lowest BCUT2D eigenvalue weighted by molar-refractivity contribution is -0.163. The Morgan fingerprint density at radius 1 is 1.00 bits per heavy atom. The molecule has 1 aromatic carbocycles. The molecular weight excluding hydrogens is 776 g/mol. The predicted octanol–water partition coefficient (Wildman–Crippen LogP) is 9.19. The maximum absolute atomic E-state index is 14.1. The van der Waals surface area contributed by atoms with Gasteiger partial charge in [0.2, 0.25) is 5.91 Å². The van der Waals surface area contributed by atoms with Gasteiger partial charge in [-0.25, -0.2) is 0 Å². The van der Waals surface area contributed by atoms with E-state index in [0.717, 1.165) is 82.5 Å². The highest BCUT2D eigenvalue weighted by molar-refractivity contribution is 6.30. The Bertz CT molecular complexity index is 1870. The maximum Gasteiger partial charge on any atom is 0.306 e. The number of aliphatic carboxylic acids is 1. The van der Waals surface area contributed by atoms with Crippen LogP contribution in [0.1, 0.15) is 124 Å². The first-order chi connectivity index (χ1) is 28.5. The van der Waals surface area contributed by atoms with Gasteiger partial charge in [0.1, 0.15) is 18.1 Å². The molecule has 0 bridgehead atoms. The van der Waals surface area contributed by atoms with Crippen LogP contribution in [0.4, 0.5) is 0 Å². The zero-order valence-electron chi connectivity index (χ0n) is 37.2. The largest absolute Gasteiger partial charge is 0.492 e. The average molecular weight is 848 g/mol. The van der Waals surface area contributed by atoms with E-state index in [-0.39, 0.29) is 52.0 Å². The second-order valence-electron chi connectivity index (χ2n) is 21.5. The lowest BCUT2D eigenvalue weighted by atomic mass is 9.39. The van der Waals surface area contributed by atoms with E-state index in [4.69, 9.17) is 21.1 Å². The summed E-state index contributed by atoms with van der Waals surface area (Å²) in [6.07, 6.45) is 10.6. The molecule has 1 aliphatic heterocycles. The second-order valence-corrected chi connectivity index (χ2v) is 22.0. The molecule has 6 aliphatic carbocycles. The van der Waals surface area contributed by atoms with E-state index in [9.17, 15) is 24.3 Å². The average Bonchev–Trinajstić information content (AvgIpc) is 3.50. The first-order valence-electron chi connectivity index (χ1n) is 23.6. The van der Waals surface area contributed by atoms with Crippen molar-refractivity contribution >= 4 is 35.0 Å². The fraction of sp³-hybridized carbons (Fsp3) is 0.760. The normalized spacial score (nSPS) is 37.3. The number of carbonyl (C=O) groups excluding carboxylic acids is 3. The van der Waals surface area contributed by atoms with E-state index >= 15 is 0 Å². The van der Waals surface area contributed by atoms with Gasteiger partial charge in [0.05, 0.1) is 19.1 Å². The lowest BCUT2D eigenvalue weighted by Gasteiger charge is -2.65. The number of carbonyl (C=O) groups is 4. The SMILES string of the molecule is CC(C)C1=C2C3CCC4C(CCC5C(C)(C)C(CC(=O)C6CC(C(=O)O)C6C)CCC45C)C3CCC2(CC(=O)NCc2ccc(Cl)cc2OCCN2CCOCC2)CC1=O. The van der Waals surface area contributed by atoms with Crippen LogP contribution in [0.15, 0.2) is 29.3 Å². The van der Waals surface area contributed by atoms with Crippen molar-refractivity contribution in [1.29, 1.82) is 0 Å². The Kier molecular flexibility index (Phi) is 12.5. The lowest BCUT2D eigenvalue weighted by Crippen LogP contribution is -2.58. The molecular formula is C50H71ClN2O7. The van der Waals surface area contributed by atoms with Crippen LogP contribution in [0.2, 0.25) is 5.02 Å². The van der Waals surface area contributed by atoms with Crippen LogP contribution in [0, 0.1) is 75.4 Å². The van der Waals surface area contributed by atoms with E-state index in [1.54, 1.807) is 0 Å². The molecule has 9 nitrogen and oxygen atoms in total. The molecule has 330 valence electrons. The molecule has 11 unspecified atom stereocenters. The Balaban J connectivity index is 0.939. The van der Waals surface area contributed by atoms with Crippen molar-refractivity contribution in [2.24, 2.45) is 75.4 Å². The second kappa shape index (κ2) is 17.1. The first-order valence-corrected chi connectivity index (χ1v) is 23.9. The number of Topliss-reactive ketones (excluding diaryl/α,β-unsaturated/α-hetero) is 2. The minimum Gasteiger partial charge on any atom is -0.492 e. The van der Waals surface area contributed by atoms with Crippen molar-refractivity contribution in [3.8, 4) is 5.75 Å². The molecule has 11 atom stereocenters. The number of morpholine rings is 1. The highest BCUT2D eigenvalue weighted by atomic mass is 35.5. The fourth-order valence-electron chi connectivity index (χ4n) is 14.9. The quantitative estimate of drug-likeness (QED) is 0.202. The number of amides is 1. The number of nitrogens with one attached hydrogen (secondary N) is 1. The number of carboxylic acid groups (broad SMARTS) is 1. The van der Waals surface area contributed by atoms with Crippen molar-refractivity contribution < 1.29 is 33.8 Å². The monoisotopic (exact) mass is 846 g/mol. The van der Waals surface area contributed by atoms with E-state index < -0.39 is 11.4 Å². The number of ketones is 2. The summed E-state index contributed by atoms with van der Waals surface area (Å²) in [4.78, 5) is 55.7. The number of rotatable bonds is 13. The maximum atomic E-state index is 14.1. The molecule has 5 saturated carbocycles. The first kappa shape index (κ1) is 43.9. The van der Waals surface area contributed by atoms with Crippen molar-refractivity contribution in [3.63, 3.8) is 0 Å². The highest BCUT2D eigenvalue weighted by Gasteiger charge is 2.63. The molecule has 1 saturated heterocycles. The number of hydrogen-bond acceptors (Lipinski definition) is 7. The van der Waals surface area contributed by atoms with E-state index in [1.807, 2.05) is 25.1 Å². The van der Waals surface area contributed by atoms with Gasteiger partial charge in [0, 0.05) is 67.4 Å². The third-order valence-corrected chi connectivity index (χ3v) is 18.3. The van der Waals surface area contributed by atoms with Crippen molar-refractivity contribution in [2.45, 2.75) is 125 Å². The molecule has 1 aromatic rings. The third kappa shape index (κ3) is 7.92. The zero-order valence-corrected chi connectivity index (χ0v) is 37.9. The number of carboxylic acids is 1. The summed E-state index contributed by atoms with van der Waals surface area (Å²) in [5, 5.41) is 13.4. The van der Waals surface area contributed by atoms with Gasteiger partial charge in [-0.3, -0.25) is 24.1 Å². The summed E-state index contributed by atoms with van der Waals surface area (Å²) in [5.41, 5.74) is 3.08. The number of hydrogen-bond donors (Lipinski definition) is 2. The zero-order chi connectivity index (χ0) is 42.7. The molecule has 10 heteroatoms. The van der Waals surface area contributed by atoms with E-state index in [2.05, 4.69) is 44.8 Å². The molecule has 6 fully saturated rings. The number of nitrogens with zero attached hydrogens (tertiary/aromatic N) is 1. The van der Waals surface area contributed by atoms with Crippen molar-refractivity contribution in [3.05, 3.63) is 39.9 Å². The number of benzene rings is 1. The molecule has 1 amide bonds. The molecule has 2 N–H and O–H groups in total. The van der Waals surface area contributed by atoms with E-state index in [1.165, 1.54) is 18.4 Å². The minimum atomic E-state index is -0.766. The van der Waals surface area contributed by atoms with Gasteiger partial charge >= 0.3 is 5.97 Å². The summed E-state index contributed by atoms with van der Waals surface area (Å²) >= 11 is 6.40. The van der Waals surface area contributed by atoms with Gasteiger partial charge in [-0.15, -0.1) is 0 Å². The van der Waals surface area contributed by atoms with Crippen LogP contribution in [0.3, 0.4) is 0 Å². The van der Waals surface area contributed by atoms with Crippen LogP contribution in [0.25, 0.3) is 0 Å². The Morgan fingerprint density at radius 3 is 2.48 bits per heavy atom. The van der Waals surface area contributed by atoms with Gasteiger partial charge in [-0.05, 0) is 134 Å². The Morgan fingerprint density at radius 2 is 1.77 bits per heavy atom. The fourth-order valence-corrected chi connectivity index (χ4v) is 15.1. The van der Waals surface area contributed by atoms with Gasteiger partial charge in [-0.1, -0.05) is 64.8 Å². The van der Waals surface area contributed by atoms with Gasteiger partial charge in [0.15, 0.2) is 5.78 Å². The summed E-state index contributed by atoms with van der Waals surface area (Å²) in [6.45, 7) is 18.7. The molecule has 7 aliphatic rings. The van der Waals surface area contributed by atoms with E-state index in [0.29, 0.717) is 85.1 Å². The smallest absolute Gasteiger partial charge is 0.306 e. The van der Waals surface area contributed by atoms with Crippen molar-refractivity contribution in [1.82, 2.24) is 10.2 Å². The van der Waals surface area contributed by atoms with Crippen LogP contribution >= 0.6 is 11.6 Å². The van der Waals surface area contributed by atoms with Crippen LogP contribution in [-0.2, 0) is 30.5 Å². The Hall–Kier alpha value is -2.75. The summed E-state index contributed by atoms with van der Waals surface area (Å²) in [6, 6.07) is 5.62. The number of ether oxygens (including phenoxy) is 2. The Labute approximate surface area is 363 Å². The minimum absolute atomic E-state index is 0.00869. The number of fused-ring (bicyclic) bond motifs is 7. The molecule has 0 aromatic heterocycles. The standard InChI is InChI=1S/C50H71ClN2O7/c1-29(2)45-41(55)26-50(27-44(56)52-28-31-7-8-33(51)24-42(31)60-22-19-53-17-20-59-21-18-53)16-14-34-35-10-12-43-48(4,5)32(23-40(54)37-25-38(30(37)3)47(57)58)13-15-49(43,6)39(35)11-9-36(34)46(45)50/h7-8,24,29-30,32,34-39,43H,9-23,25-28H2,1-6H3,(H,52,56)(H,57,58). The highest BCUT2D eigenvalue weighted by Crippen LogP contribution is 2.70. The summed E-state index contributed by atoms with van der Waals surface area (Å²) in [5.74, 6) is 3.02. The topological polar surface area (TPSA) is 122 Å². The molecule has 1 heterocycles. The third-order valence-electron chi connectivity index (χ3n) is 18.1. The van der Waals surface area contributed by atoms with Crippen molar-refractivity contribution in [2.75, 3.05) is 39.5 Å². The van der Waals surface area contributed by atoms with Crippen LogP contribution in [0.5, 0.6) is 5.75 Å². The summed E-state index contributed by atoms with van der Waals surface area (Å²) in [7, 11) is 0. The molecule has 0 radical (unpaired) electrons.